The van der Waals surface area contributed by atoms with E-state index in [2.05, 4.69) is 265 Å². The third-order valence-corrected chi connectivity index (χ3v) is 15.4. The summed E-state index contributed by atoms with van der Waals surface area (Å²) in [4.78, 5) is 28.0. The van der Waals surface area contributed by atoms with Crippen molar-refractivity contribution in [2.45, 2.75) is 6.92 Å². The highest BCUT2D eigenvalue weighted by molar-refractivity contribution is 6.13. The average molecular weight is 1040 g/mol. The van der Waals surface area contributed by atoms with E-state index >= 15 is 0 Å². The molecule has 10 aromatic carbocycles. The Labute approximate surface area is 468 Å². The fourth-order valence-corrected chi connectivity index (χ4v) is 11.6. The van der Waals surface area contributed by atoms with Gasteiger partial charge in [0.25, 0.3) is 0 Å². The van der Waals surface area contributed by atoms with E-state index in [0.29, 0.717) is 11.6 Å². The zero-order valence-corrected chi connectivity index (χ0v) is 44.2. The third kappa shape index (κ3) is 8.43. The van der Waals surface area contributed by atoms with Gasteiger partial charge in [-0.1, -0.05) is 218 Å². The van der Waals surface area contributed by atoms with Gasteiger partial charge < -0.3 is 9.13 Å². The summed E-state index contributed by atoms with van der Waals surface area (Å²) in [5.41, 5.74) is 19.6. The highest BCUT2D eigenvalue weighted by atomic mass is 15.1. The second kappa shape index (κ2) is 19.8. The predicted molar refractivity (Wildman–Crippen MR) is 332 cm³/mol. The first kappa shape index (κ1) is 47.3. The molecule has 15 rings (SSSR count). The molecule has 0 N–H and O–H groups in total. The van der Waals surface area contributed by atoms with Crippen molar-refractivity contribution in [3.05, 3.63) is 285 Å². The van der Waals surface area contributed by atoms with Gasteiger partial charge in [0.15, 0.2) is 11.6 Å². The van der Waals surface area contributed by atoms with Crippen molar-refractivity contribution in [2.75, 3.05) is 0 Å². The van der Waals surface area contributed by atoms with Gasteiger partial charge in [-0.3, -0.25) is 0 Å². The van der Waals surface area contributed by atoms with Crippen LogP contribution in [-0.4, -0.2) is 34.1 Å². The molecule has 7 heteroatoms. The molecule has 5 aromatic heterocycles. The second-order valence-corrected chi connectivity index (χ2v) is 20.5. The number of fused-ring (bicyclic) bond motifs is 6. The van der Waals surface area contributed by atoms with Gasteiger partial charge in [0.1, 0.15) is 0 Å². The summed E-state index contributed by atoms with van der Waals surface area (Å²) in [5, 5.41) is 4.47. The number of nitrogens with zero attached hydrogens (tertiary/aromatic N) is 7. The van der Waals surface area contributed by atoms with Crippen LogP contribution in [0.5, 0.6) is 0 Å². The second-order valence-electron chi connectivity index (χ2n) is 20.5. The summed E-state index contributed by atoms with van der Waals surface area (Å²) in [7, 11) is 0. The Hall–Kier alpha value is -10.9. The van der Waals surface area contributed by atoms with Crippen LogP contribution in [0.1, 0.15) is 5.56 Å². The largest absolute Gasteiger partial charge is 0.308 e. The molecule has 0 amide bonds. The number of aromatic nitrogens is 7. The van der Waals surface area contributed by atoms with Crippen LogP contribution in [-0.2, 0) is 0 Å². The van der Waals surface area contributed by atoms with E-state index in [9.17, 15) is 0 Å². The lowest BCUT2D eigenvalue weighted by Crippen LogP contribution is -2.09. The maximum absolute atomic E-state index is 5.75. The number of rotatable bonds is 10. The average Bonchev–Trinajstić information content (AvgIpc) is 4.04. The van der Waals surface area contributed by atoms with Crippen LogP contribution < -0.4 is 0 Å². The Kier molecular flexibility index (Phi) is 11.6. The molecule has 5 heterocycles. The smallest absolute Gasteiger partial charge is 0.164 e. The first-order valence-corrected chi connectivity index (χ1v) is 27.3. The van der Waals surface area contributed by atoms with Gasteiger partial charge in [-0.2, -0.15) is 0 Å². The van der Waals surface area contributed by atoms with E-state index in [1.807, 2.05) is 30.3 Å². The molecular formula is C74H49N7. The van der Waals surface area contributed by atoms with Crippen LogP contribution in [0.2, 0.25) is 0 Å². The van der Waals surface area contributed by atoms with Crippen LogP contribution in [0.25, 0.3) is 145 Å². The van der Waals surface area contributed by atoms with E-state index in [4.69, 9.17) is 24.9 Å². The monoisotopic (exact) mass is 1040 g/mol. The zero-order chi connectivity index (χ0) is 53.8. The van der Waals surface area contributed by atoms with Gasteiger partial charge in [0.05, 0.1) is 73.2 Å². The van der Waals surface area contributed by atoms with Gasteiger partial charge in [-0.25, -0.2) is 24.9 Å². The minimum Gasteiger partial charge on any atom is -0.308 e. The summed E-state index contributed by atoms with van der Waals surface area (Å²) in [6.45, 7) is 2.16. The van der Waals surface area contributed by atoms with Gasteiger partial charge in [0.2, 0.25) is 0 Å². The van der Waals surface area contributed by atoms with Crippen molar-refractivity contribution in [1.29, 1.82) is 0 Å². The predicted octanol–water partition coefficient (Wildman–Crippen LogP) is 18.5. The van der Waals surface area contributed by atoms with Crippen molar-refractivity contribution in [3.63, 3.8) is 0 Å². The molecule has 81 heavy (non-hydrogen) atoms. The highest BCUT2D eigenvalue weighted by Gasteiger charge is 2.29. The molecule has 0 saturated carbocycles. The molecule has 0 atom stereocenters. The number of hydrogen-bond donors (Lipinski definition) is 0. The zero-order valence-electron chi connectivity index (χ0n) is 44.2. The van der Waals surface area contributed by atoms with Gasteiger partial charge in [-0.15, -0.1) is 0 Å². The van der Waals surface area contributed by atoms with Gasteiger partial charge in [0, 0.05) is 60.5 Å². The van der Waals surface area contributed by atoms with E-state index in [1.54, 1.807) is 0 Å². The Morgan fingerprint density at radius 3 is 1.23 bits per heavy atom. The van der Waals surface area contributed by atoms with Crippen LogP contribution in [0.15, 0.2) is 279 Å². The number of hydrogen-bond acceptors (Lipinski definition) is 5. The first-order valence-electron chi connectivity index (χ1n) is 27.3. The Morgan fingerprint density at radius 2 is 0.691 bits per heavy atom. The molecule has 0 unspecified atom stereocenters. The van der Waals surface area contributed by atoms with E-state index in [0.717, 1.165) is 134 Å². The standard InChI is InChI=1S/C74H49N7/c1-48-38-42-68-59(44-48)56-33-18-20-37-67(56)81(68)72-58(73-76-62(50-24-9-3-10-25-50)46-63(77-73)51-26-11-4-12-27-51)41-43-69(71(72)74-78-64(52-28-13-5-14-29-52)47-65(79-74)53-30-15-6-16-31-53)80-66-36-19-17-32-55(66)57-40-39-54(45-70(57)80)61-35-21-34-60(75-61)49-22-7-2-8-23-49/h2-47H,1H3. The molecule has 0 aliphatic carbocycles. The normalized spacial score (nSPS) is 11.5. The Balaban J connectivity index is 1.13. The minimum absolute atomic E-state index is 0.543. The fraction of sp³-hybridized carbons (Fsp3) is 0.0135. The molecule has 380 valence electrons. The van der Waals surface area contributed by atoms with Crippen molar-refractivity contribution < 1.29 is 0 Å². The molecule has 0 bridgehead atoms. The summed E-state index contributed by atoms with van der Waals surface area (Å²) in [5.74, 6) is 1.11. The van der Waals surface area contributed by atoms with Crippen molar-refractivity contribution >= 4 is 43.6 Å². The Bertz CT molecular complexity index is 4740. The number of aryl methyl sites for hydroxylation is 1. The number of pyridine rings is 1. The quantitative estimate of drug-likeness (QED) is 0.136. The van der Waals surface area contributed by atoms with Crippen LogP contribution in [0.4, 0.5) is 0 Å². The fourth-order valence-electron chi connectivity index (χ4n) is 11.6. The third-order valence-electron chi connectivity index (χ3n) is 15.4. The van der Waals surface area contributed by atoms with E-state index in [-0.39, 0.29) is 0 Å². The molecule has 0 saturated heterocycles. The number of benzene rings is 10. The SMILES string of the molecule is Cc1ccc2c(c1)c1ccccc1n2-c1c(-c2nc(-c3ccccc3)cc(-c3ccccc3)n2)ccc(-n2c3ccccc3c3ccc(-c4cccc(-c5ccccc5)n4)cc32)c1-c1nc(-c2ccccc2)cc(-c2ccccc2)n1. The summed E-state index contributed by atoms with van der Waals surface area (Å²) >= 11 is 0. The molecule has 0 spiro atoms. The molecular weight excluding hydrogens is 987 g/mol. The minimum atomic E-state index is 0.543. The molecule has 7 nitrogen and oxygen atoms in total. The molecule has 0 aliphatic rings. The van der Waals surface area contributed by atoms with E-state index < -0.39 is 0 Å². The summed E-state index contributed by atoms with van der Waals surface area (Å²) in [6, 6.07) is 97.9. The van der Waals surface area contributed by atoms with E-state index in [1.165, 1.54) is 5.56 Å². The maximum atomic E-state index is 5.75. The lowest BCUT2D eigenvalue weighted by Gasteiger charge is -2.23. The topological polar surface area (TPSA) is 74.3 Å². The van der Waals surface area contributed by atoms with Crippen molar-refractivity contribution in [3.8, 4) is 102 Å². The first-order chi connectivity index (χ1) is 40.1. The van der Waals surface area contributed by atoms with Crippen LogP contribution in [0, 0.1) is 6.92 Å². The Morgan fingerprint density at radius 1 is 0.259 bits per heavy atom. The van der Waals surface area contributed by atoms with Crippen LogP contribution in [0.3, 0.4) is 0 Å². The molecule has 0 aliphatic heterocycles. The van der Waals surface area contributed by atoms with Gasteiger partial charge >= 0.3 is 0 Å². The molecule has 0 radical (unpaired) electrons. The number of para-hydroxylation sites is 2. The maximum Gasteiger partial charge on any atom is 0.164 e. The lowest BCUT2D eigenvalue weighted by atomic mass is 9.99. The molecule has 0 fully saturated rings. The molecule has 15 aromatic rings. The van der Waals surface area contributed by atoms with Crippen molar-refractivity contribution in [1.82, 2.24) is 34.1 Å². The lowest BCUT2D eigenvalue weighted by molar-refractivity contribution is 1.09. The summed E-state index contributed by atoms with van der Waals surface area (Å²) < 4.78 is 4.82. The van der Waals surface area contributed by atoms with Crippen molar-refractivity contribution in [2.24, 2.45) is 0 Å². The van der Waals surface area contributed by atoms with Gasteiger partial charge in [-0.05, 0) is 73.7 Å². The highest BCUT2D eigenvalue weighted by Crippen LogP contribution is 2.47. The summed E-state index contributed by atoms with van der Waals surface area (Å²) in [6.07, 6.45) is 0. The van der Waals surface area contributed by atoms with Crippen LogP contribution >= 0.6 is 0 Å².